The average molecular weight is 566 g/mol. The van der Waals surface area contributed by atoms with E-state index in [1.165, 1.54) is 5.56 Å². The zero-order chi connectivity index (χ0) is 29.3. The Morgan fingerprint density at radius 2 is 1.74 bits per heavy atom. The van der Waals surface area contributed by atoms with Crippen LogP contribution in [0.5, 0.6) is 0 Å². The number of Topliss-reactive ketones (excluding diaryl/α,β-unsaturated/α-hetero) is 1. The van der Waals surface area contributed by atoms with Crippen LogP contribution < -0.4 is 5.32 Å². The van der Waals surface area contributed by atoms with E-state index in [0.717, 1.165) is 74.1 Å². The first-order valence-electron chi connectivity index (χ1n) is 14.5. The maximum absolute atomic E-state index is 11.9. The zero-order valence-corrected chi connectivity index (χ0v) is 24.1. The van der Waals surface area contributed by atoms with Gasteiger partial charge in [-0.05, 0) is 65.3 Å². The Morgan fingerprint density at radius 3 is 2.58 bits per heavy atom. The normalized spacial score (nSPS) is 15.1. The molecule has 3 N–H and O–H groups in total. The second-order valence-electron chi connectivity index (χ2n) is 11.1. The first-order chi connectivity index (χ1) is 21.0. The lowest BCUT2D eigenvalue weighted by Crippen LogP contribution is -2.12. The second-order valence-corrected chi connectivity index (χ2v) is 11.1. The molecule has 0 saturated heterocycles. The molecule has 2 aromatic carbocycles. The number of carbonyl (C=O) groups excluding carboxylic acids is 1. The number of ketones is 1. The van der Waals surface area contributed by atoms with E-state index in [0.29, 0.717) is 12.2 Å². The summed E-state index contributed by atoms with van der Waals surface area (Å²) in [5.74, 6) is 0.976. The molecule has 0 spiro atoms. The first kappa shape index (κ1) is 26.7. The molecule has 7 rings (SSSR count). The van der Waals surface area contributed by atoms with Crippen molar-refractivity contribution in [2.75, 3.05) is 0 Å². The fourth-order valence-corrected chi connectivity index (χ4v) is 5.80. The summed E-state index contributed by atoms with van der Waals surface area (Å²) in [6.07, 6.45) is 12.1. The van der Waals surface area contributed by atoms with Gasteiger partial charge in [0.15, 0.2) is 11.6 Å². The summed E-state index contributed by atoms with van der Waals surface area (Å²) in [6, 6.07) is 18.8. The molecule has 1 atom stereocenters. The van der Waals surface area contributed by atoms with Gasteiger partial charge in [0.05, 0.1) is 22.7 Å². The molecular weight excluding hydrogens is 534 g/mol. The van der Waals surface area contributed by atoms with Crippen molar-refractivity contribution in [2.45, 2.75) is 33.4 Å². The number of rotatable bonds is 8. The van der Waals surface area contributed by atoms with Crippen molar-refractivity contribution in [3.05, 3.63) is 114 Å². The standard InChI is InChI=1S/C35H31N7O/c1-21-12-25(22(2)43)8-10-28(21)30-19-38-20-32-33(30)40-35(39-32)34-29-14-26(9-11-31(29)41-42-34)27-13-24(17-37-18-27)16-36-15-23-6-4-3-5-7-23/h3-11,13-14,17-21,36H,12,15-16H2,1-2H3,(H,39,40)(H,41,42). The molecule has 1 aliphatic rings. The fourth-order valence-electron chi connectivity index (χ4n) is 5.80. The van der Waals surface area contributed by atoms with E-state index >= 15 is 0 Å². The molecule has 0 radical (unpaired) electrons. The Bertz CT molecular complexity index is 2030. The molecule has 8 heteroatoms. The van der Waals surface area contributed by atoms with Crippen molar-refractivity contribution < 1.29 is 4.79 Å². The highest BCUT2D eigenvalue weighted by Crippen LogP contribution is 2.36. The van der Waals surface area contributed by atoms with E-state index in [1.807, 2.05) is 42.9 Å². The fraction of sp³-hybridized carbons (Fsp3) is 0.171. The van der Waals surface area contributed by atoms with Gasteiger partial charge in [-0.25, -0.2) is 4.98 Å². The van der Waals surface area contributed by atoms with Crippen molar-refractivity contribution in [1.82, 2.24) is 35.5 Å². The van der Waals surface area contributed by atoms with E-state index in [9.17, 15) is 4.79 Å². The van der Waals surface area contributed by atoms with Crippen LogP contribution in [0.3, 0.4) is 0 Å². The first-order valence-corrected chi connectivity index (χ1v) is 14.5. The number of allylic oxidation sites excluding steroid dienone is 4. The van der Waals surface area contributed by atoms with Crippen LogP contribution in [-0.2, 0) is 17.9 Å². The third-order valence-corrected chi connectivity index (χ3v) is 8.09. The highest BCUT2D eigenvalue weighted by atomic mass is 16.1. The molecule has 8 nitrogen and oxygen atoms in total. The highest BCUT2D eigenvalue weighted by Gasteiger charge is 2.22. The molecule has 0 saturated carbocycles. The minimum atomic E-state index is 0.118. The third kappa shape index (κ3) is 5.29. The molecule has 1 aliphatic carbocycles. The Kier molecular flexibility index (Phi) is 6.96. The summed E-state index contributed by atoms with van der Waals surface area (Å²) in [5.41, 5.74) is 10.8. The van der Waals surface area contributed by atoms with E-state index in [1.54, 1.807) is 13.1 Å². The molecule has 0 bridgehead atoms. The predicted octanol–water partition coefficient (Wildman–Crippen LogP) is 6.79. The Labute approximate surface area is 249 Å². The van der Waals surface area contributed by atoms with Crippen molar-refractivity contribution in [2.24, 2.45) is 5.92 Å². The van der Waals surface area contributed by atoms with Crippen LogP contribution in [-0.4, -0.2) is 35.9 Å². The number of imidazole rings is 1. The topological polar surface area (TPSA) is 112 Å². The lowest BCUT2D eigenvalue weighted by atomic mass is 9.84. The van der Waals surface area contributed by atoms with Gasteiger partial charge in [-0.15, -0.1) is 0 Å². The van der Waals surface area contributed by atoms with Gasteiger partial charge in [0, 0.05) is 48.2 Å². The van der Waals surface area contributed by atoms with Gasteiger partial charge in [0.25, 0.3) is 0 Å². The van der Waals surface area contributed by atoms with Crippen LogP contribution in [0.25, 0.3) is 50.2 Å². The van der Waals surface area contributed by atoms with Crippen molar-refractivity contribution >= 4 is 33.3 Å². The number of benzene rings is 2. The average Bonchev–Trinajstić information content (AvgIpc) is 3.66. The Hall–Kier alpha value is -5.21. The van der Waals surface area contributed by atoms with E-state index in [2.05, 4.69) is 79.9 Å². The number of hydrogen-bond donors (Lipinski definition) is 3. The van der Waals surface area contributed by atoms with Crippen LogP contribution in [0.4, 0.5) is 0 Å². The van der Waals surface area contributed by atoms with Crippen LogP contribution in [0.2, 0.25) is 0 Å². The number of aromatic amines is 2. The smallest absolute Gasteiger partial charge is 0.159 e. The van der Waals surface area contributed by atoms with E-state index in [-0.39, 0.29) is 11.7 Å². The minimum Gasteiger partial charge on any atom is -0.335 e. The summed E-state index contributed by atoms with van der Waals surface area (Å²) in [4.78, 5) is 29.4. The summed E-state index contributed by atoms with van der Waals surface area (Å²) >= 11 is 0. The van der Waals surface area contributed by atoms with Crippen LogP contribution in [0, 0.1) is 5.92 Å². The number of aromatic nitrogens is 6. The molecule has 0 aliphatic heterocycles. The second kappa shape index (κ2) is 11.2. The number of hydrogen-bond acceptors (Lipinski definition) is 6. The van der Waals surface area contributed by atoms with Gasteiger partial charge in [-0.1, -0.05) is 55.5 Å². The van der Waals surface area contributed by atoms with Gasteiger partial charge in [0.1, 0.15) is 5.69 Å². The molecule has 43 heavy (non-hydrogen) atoms. The van der Waals surface area contributed by atoms with Gasteiger partial charge < -0.3 is 10.3 Å². The molecule has 1 unspecified atom stereocenters. The Morgan fingerprint density at radius 1 is 0.907 bits per heavy atom. The van der Waals surface area contributed by atoms with Crippen LogP contribution >= 0.6 is 0 Å². The van der Waals surface area contributed by atoms with Gasteiger partial charge >= 0.3 is 0 Å². The van der Waals surface area contributed by atoms with Gasteiger partial charge in [0.2, 0.25) is 0 Å². The van der Waals surface area contributed by atoms with Crippen molar-refractivity contribution in [3.8, 4) is 22.6 Å². The van der Waals surface area contributed by atoms with Gasteiger partial charge in [-0.2, -0.15) is 5.10 Å². The molecule has 212 valence electrons. The summed E-state index contributed by atoms with van der Waals surface area (Å²) in [6.45, 7) is 5.29. The van der Waals surface area contributed by atoms with E-state index in [4.69, 9.17) is 4.98 Å². The van der Waals surface area contributed by atoms with Gasteiger partial charge in [-0.3, -0.25) is 19.9 Å². The number of H-pyrrole nitrogens is 2. The number of carbonyl (C=O) groups is 1. The lowest BCUT2D eigenvalue weighted by molar-refractivity contribution is -0.113. The highest BCUT2D eigenvalue weighted by molar-refractivity contribution is 5.99. The largest absolute Gasteiger partial charge is 0.335 e. The number of nitrogens with zero attached hydrogens (tertiary/aromatic N) is 4. The molecule has 6 aromatic rings. The van der Waals surface area contributed by atoms with Crippen molar-refractivity contribution in [1.29, 1.82) is 0 Å². The lowest BCUT2D eigenvalue weighted by Gasteiger charge is -2.20. The molecule has 4 heterocycles. The van der Waals surface area contributed by atoms with Crippen LogP contribution in [0.15, 0.2) is 97.1 Å². The summed E-state index contributed by atoms with van der Waals surface area (Å²) in [5, 5.41) is 12.3. The maximum atomic E-state index is 11.9. The van der Waals surface area contributed by atoms with E-state index < -0.39 is 0 Å². The molecule has 0 amide bonds. The zero-order valence-electron chi connectivity index (χ0n) is 24.1. The summed E-state index contributed by atoms with van der Waals surface area (Å²) in [7, 11) is 0. The quantitative estimate of drug-likeness (QED) is 0.187. The number of nitrogens with one attached hydrogen (secondary N) is 3. The Balaban J connectivity index is 1.19. The third-order valence-electron chi connectivity index (χ3n) is 8.09. The summed E-state index contributed by atoms with van der Waals surface area (Å²) < 4.78 is 0. The number of pyridine rings is 2. The molecule has 4 aromatic heterocycles. The SMILES string of the molecule is CC(=O)C1=CC=C(c2cncc3[nH]c(-c4n[nH]c5ccc(-c6cncc(CNCc7ccccc7)c6)cc45)nc23)C(C)C1. The predicted molar refractivity (Wildman–Crippen MR) is 170 cm³/mol. The maximum Gasteiger partial charge on any atom is 0.159 e. The monoisotopic (exact) mass is 565 g/mol. The van der Waals surface area contributed by atoms with Crippen molar-refractivity contribution in [3.63, 3.8) is 0 Å². The molecule has 0 fully saturated rings. The minimum absolute atomic E-state index is 0.118. The number of fused-ring (bicyclic) bond motifs is 2. The molecular formula is C35H31N7O. The van der Waals surface area contributed by atoms with Crippen LogP contribution in [0.1, 0.15) is 37.0 Å².